The summed E-state index contributed by atoms with van der Waals surface area (Å²) in [7, 11) is -5.50. The highest BCUT2D eigenvalue weighted by atomic mass is 32.2. The van der Waals surface area contributed by atoms with Crippen LogP contribution in [0.1, 0.15) is 6.42 Å². The molecule has 0 unspecified atom stereocenters. The van der Waals surface area contributed by atoms with E-state index in [1.54, 1.807) is 0 Å². The van der Waals surface area contributed by atoms with Crippen LogP contribution >= 0.6 is 0 Å². The van der Waals surface area contributed by atoms with Gasteiger partial charge in [-0.05, 0) is 6.08 Å². The number of rotatable bonds is 2. The molecular formula is C7H7F3O4S. The fourth-order valence-electron chi connectivity index (χ4n) is 1.45. The highest BCUT2D eigenvalue weighted by Crippen LogP contribution is 2.46. The van der Waals surface area contributed by atoms with E-state index >= 15 is 0 Å². The van der Waals surface area contributed by atoms with Crippen molar-refractivity contribution in [3.63, 3.8) is 0 Å². The van der Waals surface area contributed by atoms with Crippen LogP contribution in [0.3, 0.4) is 0 Å². The zero-order valence-corrected chi connectivity index (χ0v) is 8.19. The van der Waals surface area contributed by atoms with Crippen molar-refractivity contribution in [1.29, 1.82) is 0 Å². The molecule has 1 aliphatic carbocycles. The van der Waals surface area contributed by atoms with Crippen molar-refractivity contribution in [2.75, 3.05) is 13.2 Å². The molecule has 2 aliphatic rings. The van der Waals surface area contributed by atoms with Crippen LogP contribution in [0.2, 0.25) is 0 Å². The van der Waals surface area contributed by atoms with Gasteiger partial charge in [-0.1, -0.05) is 0 Å². The second-order valence-electron chi connectivity index (χ2n) is 3.63. The van der Waals surface area contributed by atoms with Gasteiger partial charge in [-0.2, -0.15) is 21.6 Å². The molecule has 1 saturated heterocycles. The Bertz CT molecular complexity index is 404. The number of hydrogen-bond donors (Lipinski definition) is 0. The van der Waals surface area contributed by atoms with Crippen molar-refractivity contribution in [3.8, 4) is 0 Å². The molecule has 0 aromatic carbocycles. The van der Waals surface area contributed by atoms with Crippen LogP contribution in [-0.2, 0) is 19.0 Å². The highest BCUT2D eigenvalue weighted by Gasteiger charge is 2.52. The molecule has 0 aromatic rings. The molecule has 86 valence electrons. The van der Waals surface area contributed by atoms with Crippen molar-refractivity contribution in [3.05, 3.63) is 11.8 Å². The minimum atomic E-state index is -5.50. The van der Waals surface area contributed by atoms with Gasteiger partial charge in [-0.3, -0.25) is 0 Å². The summed E-state index contributed by atoms with van der Waals surface area (Å²) in [6.45, 7) is 0.817. The molecule has 4 nitrogen and oxygen atoms in total. The molecule has 1 heterocycles. The Balaban J connectivity index is 2.03. The van der Waals surface area contributed by atoms with Gasteiger partial charge in [0.2, 0.25) is 0 Å². The van der Waals surface area contributed by atoms with E-state index in [0.717, 1.165) is 0 Å². The maximum atomic E-state index is 11.9. The second kappa shape index (κ2) is 2.88. The van der Waals surface area contributed by atoms with E-state index in [9.17, 15) is 21.6 Å². The topological polar surface area (TPSA) is 52.6 Å². The molecular weight excluding hydrogens is 237 g/mol. The summed E-state index contributed by atoms with van der Waals surface area (Å²) in [6.07, 6.45) is 1.56. The highest BCUT2D eigenvalue weighted by molar-refractivity contribution is 7.87. The molecule has 15 heavy (non-hydrogen) atoms. The van der Waals surface area contributed by atoms with Crippen molar-refractivity contribution in [2.24, 2.45) is 5.41 Å². The average molecular weight is 244 g/mol. The van der Waals surface area contributed by atoms with Crippen molar-refractivity contribution < 1.29 is 30.5 Å². The van der Waals surface area contributed by atoms with E-state index in [1.807, 2.05) is 0 Å². The molecule has 1 aliphatic heterocycles. The fraction of sp³-hybridized carbons (Fsp3) is 0.714. The fourth-order valence-corrected chi connectivity index (χ4v) is 1.93. The third kappa shape index (κ3) is 1.71. The average Bonchev–Trinajstić information content (AvgIpc) is 1.89. The smallest absolute Gasteiger partial charge is 0.381 e. The Hall–Kier alpha value is -0.760. The zero-order chi connectivity index (χ0) is 11.3. The normalized spacial score (nSPS) is 24.1. The molecule has 0 radical (unpaired) electrons. The summed E-state index contributed by atoms with van der Waals surface area (Å²) in [4.78, 5) is 0. The third-order valence-electron chi connectivity index (χ3n) is 2.27. The van der Waals surface area contributed by atoms with Crippen LogP contribution in [0.15, 0.2) is 11.8 Å². The molecule has 2 rings (SSSR count). The number of halogens is 3. The van der Waals surface area contributed by atoms with Gasteiger partial charge in [-0.25, -0.2) is 0 Å². The van der Waals surface area contributed by atoms with Crippen molar-refractivity contribution >= 4 is 10.1 Å². The lowest BCUT2D eigenvalue weighted by atomic mass is 9.73. The maximum absolute atomic E-state index is 11.9. The first kappa shape index (κ1) is 10.7. The Morgan fingerprint density at radius 1 is 1.40 bits per heavy atom. The molecule has 1 spiro atoms. The lowest BCUT2D eigenvalue weighted by Gasteiger charge is -2.45. The monoisotopic (exact) mass is 244 g/mol. The van der Waals surface area contributed by atoms with Gasteiger partial charge in [0.05, 0.1) is 13.2 Å². The predicted octanol–water partition coefficient (Wildman–Crippen LogP) is 1.16. The first-order valence-electron chi connectivity index (χ1n) is 4.04. The largest absolute Gasteiger partial charge is 0.534 e. The molecule has 0 N–H and O–H groups in total. The minimum Gasteiger partial charge on any atom is -0.381 e. The first-order valence-corrected chi connectivity index (χ1v) is 5.45. The number of ether oxygens (including phenoxy) is 1. The summed E-state index contributed by atoms with van der Waals surface area (Å²) in [5.41, 5.74) is -5.65. The Labute approximate surface area is 83.8 Å². The zero-order valence-electron chi connectivity index (χ0n) is 7.37. The summed E-state index contributed by atoms with van der Waals surface area (Å²) in [5.74, 6) is -0.157. The first-order chi connectivity index (χ1) is 6.74. The van der Waals surface area contributed by atoms with Gasteiger partial charge in [0.25, 0.3) is 0 Å². The van der Waals surface area contributed by atoms with E-state index < -0.39 is 15.6 Å². The summed E-state index contributed by atoms with van der Waals surface area (Å²) in [6, 6.07) is 0. The summed E-state index contributed by atoms with van der Waals surface area (Å²) in [5, 5.41) is 0. The Kier molecular flexibility index (Phi) is 2.06. The standard InChI is InChI=1S/C7H7F3O4S/c8-7(9,10)15(11,12)14-5-1-6(2-5)3-13-4-6/h1H,2-4H2. The van der Waals surface area contributed by atoms with Crippen molar-refractivity contribution in [2.45, 2.75) is 11.9 Å². The van der Waals surface area contributed by atoms with Gasteiger partial charge in [0, 0.05) is 11.8 Å². The van der Waals surface area contributed by atoms with Crippen LogP contribution < -0.4 is 0 Å². The van der Waals surface area contributed by atoms with E-state index in [1.165, 1.54) is 6.08 Å². The number of hydrogen-bond acceptors (Lipinski definition) is 4. The minimum absolute atomic E-state index is 0.157. The maximum Gasteiger partial charge on any atom is 0.534 e. The van der Waals surface area contributed by atoms with Crippen LogP contribution in [0.5, 0.6) is 0 Å². The summed E-state index contributed by atoms with van der Waals surface area (Å²) >= 11 is 0. The Morgan fingerprint density at radius 2 is 1.93 bits per heavy atom. The van der Waals surface area contributed by atoms with Crippen molar-refractivity contribution in [1.82, 2.24) is 0 Å². The Morgan fingerprint density at radius 3 is 2.27 bits per heavy atom. The van der Waals surface area contributed by atoms with Crippen LogP contribution in [-0.4, -0.2) is 27.1 Å². The lowest BCUT2D eigenvalue weighted by Crippen LogP contribution is -2.47. The van der Waals surface area contributed by atoms with Gasteiger partial charge < -0.3 is 8.92 Å². The van der Waals surface area contributed by atoms with E-state index in [4.69, 9.17) is 4.74 Å². The third-order valence-corrected chi connectivity index (χ3v) is 3.27. The molecule has 0 amide bonds. The summed E-state index contributed by atoms with van der Waals surface area (Å²) < 4.78 is 65.5. The van der Waals surface area contributed by atoms with E-state index in [2.05, 4.69) is 4.18 Å². The molecule has 0 atom stereocenters. The molecule has 0 bridgehead atoms. The van der Waals surface area contributed by atoms with Crippen LogP contribution in [0.25, 0.3) is 0 Å². The predicted molar refractivity (Wildman–Crippen MR) is 42.0 cm³/mol. The van der Waals surface area contributed by atoms with Gasteiger partial charge in [0.15, 0.2) is 0 Å². The quantitative estimate of drug-likeness (QED) is 0.540. The number of allylic oxidation sites excluding steroid dienone is 1. The molecule has 0 saturated carbocycles. The number of alkyl halides is 3. The van der Waals surface area contributed by atoms with Crippen LogP contribution in [0.4, 0.5) is 13.2 Å². The SMILES string of the molecule is O=S(=O)(OC1=CC2(COC2)C1)C(F)(F)F. The van der Waals surface area contributed by atoms with Gasteiger partial charge >= 0.3 is 15.6 Å². The lowest BCUT2D eigenvalue weighted by molar-refractivity contribution is -0.102. The van der Waals surface area contributed by atoms with Gasteiger partial charge in [-0.15, -0.1) is 0 Å². The van der Waals surface area contributed by atoms with Crippen LogP contribution in [0, 0.1) is 5.41 Å². The molecule has 1 fully saturated rings. The van der Waals surface area contributed by atoms with E-state index in [0.29, 0.717) is 13.2 Å². The van der Waals surface area contributed by atoms with Gasteiger partial charge in [0.1, 0.15) is 5.76 Å². The second-order valence-corrected chi connectivity index (χ2v) is 5.16. The molecule has 0 aromatic heterocycles. The van der Waals surface area contributed by atoms with E-state index in [-0.39, 0.29) is 17.6 Å². The molecule has 8 heteroatoms.